The first-order valence-corrected chi connectivity index (χ1v) is 5.61. The molecule has 1 rings (SSSR count). The molecule has 0 amide bonds. The number of phenols is 1. The molecule has 0 saturated heterocycles. The summed E-state index contributed by atoms with van der Waals surface area (Å²) >= 11 is 2.39. The third kappa shape index (κ3) is 2.66. The molecule has 0 heterocycles. The summed E-state index contributed by atoms with van der Waals surface area (Å²) in [6.45, 7) is 2.21. The lowest BCUT2D eigenvalue weighted by molar-refractivity contribution is 0.475. The third-order valence-electron chi connectivity index (χ3n) is 2.00. The van der Waals surface area contributed by atoms with Gasteiger partial charge in [0, 0.05) is 4.43 Å². The number of halogens is 1. The van der Waals surface area contributed by atoms with E-state index >= 15 is 0 Å². The molecular weight excluding hydrogens is 263 g/mol. The van der Waals surface area contributed by atoms with Crippen LogP contribution in [0.5, 0.6) is 5.75 Å². The van der Waals surface area contributed by atoms with E-state index in [2.05, 4.69) is 29.5 Å². The highest BCUT2D eigenvalue weighted by molar-refractivity contribution is 14.1. The van der Waals surface area contributed by atoms with Gasteiger partial charge in [0.25, 0.3) is 0 Å². The van der Waals surface area contributed by atoms with Crippen LogP contribution in [-0.2, 0) is 0 Å². The minimum atomic E-state index is 0.348. The molecule has 0 aliphatic heterocycles. The fraction of sp³-hybridized carbons (Fsp3) is 0.400. The van der Waals surface area contributed by atoms with Gasteiger partial charge in [-0.2, -0.15) is 0 Å². The second-order valence-electron chi connectivity index (χ2n) is 2.97. The van der Waals surface area contributed by atoms with Gasteiger partial charge in [-0.15, -0.1) is 0 Å². The maximum atomic E-state index is 9.07. The van der Waals surface area contributed by atoms with E-state index in [9.17, 15) is 0 Å². The Morgan fingerprint density at radius 3 is 2.42 bits per heavy atom. The summed E-state index contributed by atoms with van der Waals surface area (Å²) in [5.41, 5.74) is 1.31. The lowest BCUT2D eigenvalue weighted by atomic mass is 9.99. The van der Waals surface area contributed by atoms with Crippen LogP contribution in [0.15, 0.2) is 24.3 Å². The van der Waals surface area contributed by atoms with Crippen LogP contribution < -0.4 is 0 Å². The molecule has 0 radical (unpaired) electrons. The van der Waals surface area contributed by atoms with Crippen molar-refractivity contribution in [2.45, 2.75) is 19.3 Å². The van der Waals surface area contributed by atoms with Crippen LogP contribution in [0.1, 0.15) is 24.8 Å². The van der Waals surface area contributed by atoms with Gasteiger partial charge in [-0.25, -0.2) is 0 Å². The molecule has 0 fully saturated rings. The van der Waals surface area contributed by atoms with Crippen molar-refractivity contribution >= 4 is 22.6 Å². The summed E-state index contributed by atoms with van der Waals surface area (Å²) in [4.78, 5) is 0. The van der Waals surface area contributed by atoms with Gasteiger partial charge in [-0.1, -0.05) is 41.6 Å². The first-order valence-electron chi connectivity index (χ1n) is 4.09. The summed E-state index contributed by atoms with van der Waals surface area (Å²) in [6, 6.07) is 7.48. The highest BCUT2D eigenvalue weighted by Crippen LogP contribution is 2.21. The van der Waals surface area contributed by atoms with Crippen molar-refractivity contribution in [3.8, 4) is 5.75 Å². The average Bonchev–Trinajstić information content (AvgIpc) is 2.06. The van der Waals surface area contributed by atoms with Gasteiger partial charge < -0.3 is 5.11 Å². The van der Waals surface area contributed by atoms with E-state index in [1.165, 1.54) is 16.4 Å². The zero-order valence-corrected chi connectivity index (χ0v) is 9.28. The van der Waals surface area contributed by atoms with E-state index in [0.29, 0.717) is 11.7 Å². The fourth-order valence-electron chi connectivity index (χ4n) is 1.13. The Morgan fingerprint density at radius 1 is 1.33 bits per heavy atom. The number of benzene rings is 1. The molecule has 0 bridgehead atoms. The van der Waals surface area contributed by atoms with E-state index < -0.39 is 0 Å². The van der Waals surface area contributed by atoms with Gasteiger partial charge in [0.1, 0.15) is 5.75 Å². The quantitative estimate of drug-likeness (QED) is 0.663. The molecule has 2 heteroatoms. The molecule has 0 saturated carbocycles. The molecule has 1 aromatic carbocycles. The normalized spacial score (nSPS) is 12.8. The van der Waals surface area contributed by atoms with E-state index in [1.807, 2.05) is 12.1 Å². The molecule has 1 nitrogen and oxygen atoms in total. The molecule has 1 unspecified atom stereocenters. The molecule has 0 aromatic heterocycles. The van der Waals surface area contributed by atoms with Crippen LogP contribution in [0, 0.1) is 0 Å². The van der Waals surface area contributed by atoms with Crippen LogP contribution in [-0.4, -0.2) is 9.53 Å². The third-order valence-corrected chi connectivity index (χ3v) is 2.63. The maximum absolute atomic E-state index is 9.07. The van der Waals surface area contributed by atoms with Crippen molar-refractivity contribution in [2.24, 2.45) is 0 Å². The van der Waals surface area contributed by atoms with Crippen molar-refractivity contribution in [3.05, 3.63) is 29.8 Å². The molecule has 1 N–H and O–H groups in total. The average molecular weight is 276 g/mol. The zero-order chi connectivity index (χ0) is 8.97. The van der Waals surface area contributed by atoms with E-state index in [0.717, 1.165) is 0 Å². The first-order chi connectivity index (χ1) is 5.74. The SMILES string of the molecule is CC(CCI)c1ccc(O)cc1. The Kier molecular flexibility index (Phi) is 3.85. The lowest BCUT2D eigenvalue weighted by Crippen LogP contribution is -1.92. The van der Waals surface area contributed by atoms with Crippen molar-refractivity contribution in [1.29, 1.82) is 0 Å². The Morgan fingerprint density at radius 2 is 1.92 bits per heavy atom. The molecule has 1 atom stereocenters. The highest BCUT2D eigenvalue weighted by Gasteiger charge is 2.03. The van der Waals surface area contributed by atoms with Crippen LogP contribution in [0.4, 0.5) is 0 Å². The van der Waals surface area contributed by atoms with Crippen LogP contribution in [0.3, 0.4) is 0 Å². The van der Waals surface area contributed by atoms with Crippen molar-refractivity contribution in [3.63, 3.8) is 0 Å². The van der Waals surface area contributed by atoms with Crippen molar-refractivity contribution < 1.29 is 5.11 Å². The van der Waals surface area contributed by atoms with Gasteiger partial charge in [0.2, 0.25) is 0 Å². The summed E-state index contributed by atoms with van der Waals surface area (Å²) in [5.74, 6) is 0.947. The highest BCUT2D eigenvalue weighted by atomic mass is 127. The van der Waals surface area contributed by atoms with Gasteiger partial charge in [-0.05, 0) is 30.0 Å². The fourth-order valence-corrected chi connectivity index (χ4v) is 2.07. The molecule has 12 heavy (non-hydrogen) atoms. The minimum Gasteiger partial charge on any atom is -0.508 e. The molecule has 66 valence electrons. The van der Waals surface area contributed by atoms with E-state index in [1.54, 1.807) is 12.1 Å². The van der Waals surface area contributed by atoms with Crippen molar-refractivity contribution in [2.75, 3.05) is 4.43 Å². The number of rotatable bonds is 3. The standard InChI is InChI=1S/C10H13IO/c1-8(6-7-11)9-2-4-10(12)5-3-9/h2-5,8,12H,6-7H2,1H3. The van der Waals surface area contributed by atoms with E-state index in [4.69, 9.17) is 5.11 Å². The molecular formula is C10H13IO. The Labute approximate surface area is 86.9 Å². The van der Waals surface area contributed by atoms with Crippen LogP contribution in [0.25, 0.3) is 0 Å². The largest absolute Gasteiger partial charge is 0.508 e. The monoisotopic (exact) mass is 276 g/mol. The van der Waals surface area contributed by atoms with Crippen LogP contribution in [0.2, 0.25) is 0 Å². The lowest BCUT2D eigenvalue weighted by Gasteiger charge is -2.09. The molecule has 1 aromatic rings. The van der Waals surface area contributed by atoms with Gasteiger partial charge in [0.05, 0.1) is 0 Å². The van der Waals surface area contributed by atoms with Gasteiger partial charge in [-0.3, -0.25) is 0 Å². The number of hydrogen-bond acceptors (Lipinski definition) is 1. The topological polar surface area (TPSA) is 20.2 Å². The van der Waals surface area contributed by atoms with E-state index in [-0.39, 0.29) is 0 Å². The Balaban J connectivity index is 2.68. The first kappa shape index (κ1) is 9.84. The molecule has 0 aliphatic rings. The summed E-state index contributed by atoms with van der Waals surface area (Å²) in [6.07, 6.45) is 1.20. The minimum absolute atomic E-state index is 0.348. The van der Waals surface area contributed by atoms with Gasteiger partial charge >= 0.3 is 0 Å². The summed E-state index contributed by atoms with van der Waals surface area (Å²) in [5, 5.41) is 9.07. The van der Waals surface area contributed by atoms with Crippen LogP contribution >= 0.6 is 22.6 Å². The number of alkyl halides is 1. The maximum Gasteiger partial charge on any atom is 0.115 e. The number of aromatic hydroxyl groups is 1. The predicted octanol–water partition coefficient (Wildman–Crippen LogP) is 3.32. The Hall–Kier alpha value is -0.250. The molecule has 0 spiro atoms. The predicted molar refractivity (Wildman–Crippen MR) is 60.0 cm³/mol. The summed E-state index contributed by atoms with van der Waals surface area (Å²) < 4.78 is 1.18. The van der Waals surface area contributed by atoms with Gasteiger partial charge in [0.15, 0.2) is 0 Å². The number of phenolic OH excluding ortho intramolecular Hbond substituents is 1. The second-order valence-corrected chi connectivity index (χ2v) is 4.05. The molecule has 0 aliphatic carbocycles. The summed E-state index contributed by atoms with van der Waals surface area (Å²) in [7, 11) is 0. The number of hydrogen-bond donors (Lipinski definition) is 1. The smallest absolute Gasteiger partial charge is 0.115 e. The Bertz CT molecular complexity index is 230. The van der Waals surface area contributed by atoms with Crippen molar-refractivity contribution in [1.82, 2.24) is 0 Å². The zero-order valence-electron chi connectivity index (χ0n) is 7.13. The second kappa shape index (κ2) is 4.70.